The molecule has 138 valence electrons. The van der Waals surface area contributed by atoms with E-state index < -0.39 is 17.7 Å². The van der Waals surface area contributed by atoms with Crippen molar-refractivity contribution in [3.8, 4) is 0 Å². The van der Waals surface area contributed by atoms with E-state index in [-0.39, 0.29) is 18.5 Å². The molecule has 0 spiro atoms. The van der Waals surface area contributed by atoms with Gasteiger partial charge in [-0.2, -0.15) is 0 Å². The zero-order valence-electron chi connectivity index (χ0n) is 15.4. The molecule has 1 saturated carbocycles. The van der Waals surface area contributed by atoms with Crippen molar-refractivity contribution in [3.63, 3.8) is 0 Å². The van der Waals surface area contributed by atoms with Gasteiger partial charge >= 0.3 is 12.1 Å². The number of hydrogen-bond acceptors (Lipinski definition) is 4. The molecule has 1 atom stereocenters. The van der Waals surface area contributed by atoms with Gasteiger partial charge in [-0.1, -0.05) is 49.6 Å². The minimum Gasteiger partial charge on any atom is -0.458 e. The van der Waals surface area contributed by atoms with Gasteiger partial charge < -0.3 is 14.8 Å². The monoisotopic (exact) mass is 347 g/mol. The van der Waals surface area contributed by atoms with Crippen LogP contribution in [0.4, 0.5) is 4.79 Å². The summed E-state index contributed by atoms with van der Waals surface area (Å²) in [5, 5.41) is 2.74. The Hall–Kier alpha value is -2.04. The second kappa shape index (κ2) is 8.88. The first-order chi connectivity index (χ1) is 11.8. The number of nitrogens with one attached hydrogen (secondary N) is 1. The molecule has 0 heterocycles. The van der Waals surface area contributed by atoms with Crippen molar-refractivity contribution in [1.29, 1.82) is 0 Å². The second-order valence-electron chi connectivity index (χ2n) is 7.62. The highest BCUT2D eigenvalue weighted by Gasteiger charge is 2.34. The van der Waals surface area contributed by atoms with Crippen molar-refractivity contribution in [2.75, 3.05) is 0 Å². The highest BCUT2D eigenvalue weighted by molar-refractivity contribution is 5.82. The second-order valence-corrected chi connectivity index (χ2v) is 7.62. The highest BCUT2D eigenvalue weighted by Crippen LogP contribution is 2.28. The molecule has 1 aromatic carbocycles. The Morgan fingerprint density at radius 3 is 2.36 bits per heavy atom. The summed E-state index contributed by atoms with van der Waals surface area (Å²) in [6.07, 6.45) is 4.59. The van der Waals surface area contributed by atoms with Gasteiger partial charge in [0.15, 0.2) is 0 Å². The number of rotatable bonds is 5. The number of alkyl carbamates (subject to hydrolysis) is 1. The summed E-state index contributed by atoms with van der Waals surface area (Å²) < 4.78 is 10.8. The Labute approximate surface area is 150 Å². The van der Waals surface area contributed by atoms with E-state index in [9.17, 15) is 9.59 Å². The predicted octanol–water partition coefficient (Wildman–Crippen LogP) is 4.20. The van der Waals surface area contributed by atoms with Crippen LogP contribution in [0.2, 0.25) is 0 Å². The maximum atomic E-state index is 12.6. The van der Waals surface area contributed by atoms with E-state index in [4.69, 9.17) is 9.47 Å². The van der Waals surface area contributed by atoms with Gasteiger partial charge in [0.25, 0.3) is 0 Å². The average Bonchev–Trinajstić information content (AvgIpc) is 2.58. The first kappa shape index (κ1) is 19.3. The lowest BCUT2D eigenvalue weighted by atomic mass is 9.84. The van der Waals surface area contributed by atoms with Crippen LogP contribution >= 0.6 is 0 Å². The summed E-state index contributed by atoms with van der Waals surface area (Å²) in [6, 6.07) is 8.82. The maximum Gasteiger partial charge on any atom is 0.408 e. The van der Waals surface area contributed by atoms with Crippen LogP contribution < -0.4 is 5.32 Å². The highest BCUT2D eigenvalue weighted by atomic mass is 16.6. The van der Waals surface area contributed by atoms with E-state index in [1.807, 2.05) is 51.1 Å². The molecule has 1 fully saturated rings. The molecule has 0 bridgehead atoms. The minimum atomic E-state index is -0.650. The molecule has 1 aromatic rings. The number of hydrogen-bond donors (Lipinski definition) is 1. The lowest BCUT2D eigenvalue weighted by molar-refractivity contribution is -0.159. The van der Waals surface area contributed by atoms with Crippen LogP contribution in [0.25, 0.3) is 0 Å². The Morgan fingerprint density at radius 2 is 1.76 bits per heavy atom. The molecule has 2 rings (SSSR count). The molecule has 0 saturated heterocycles. The topological polar surface area (TPSA) is 64.6 Å². The quantitative estimate of drug-likeness (QED) is 0.811. The lowest BCUT2D eigenvalue weighted by Crippen LogP contribution is -2.49. The molecule has 5 heteroatoms. The van der Waals surface area contributed by atoms with Gasteiger partial charge in [-0.05, 0) is 45.1 Å². The number of carbonyl (C=O) groups excluding carboxylic acids is 2. The summed E-state index contributed by atoms with van der Waals surface area (Å²) in [5.74, 6) is -0.274. The fraction of sp³-hybridized carbons (Fsp3) is 0.600. The van der Waals surface area contributed by atoms with E-state index in [1.165, 1.54) is 6.42 Å². The Morgan fingerprint density at radius 1 is 1.12 bits per heavy atom. The SMILES string of the molecule is CC(C)(C)OC(=O)[C@@H](NC(=O)OCc1ccccc1)C1CCCCC1. The van der Waals surface area contributed by atoms with Gasteiger partial charge in [0.2, 0.25) is 0 Å². The van der Waals surface area contributed by atoms with Crippen LogP contribution in [0.3, 0.4) is 0 Å². The third-order valence-electron chi connectivity index (χ3n) is 4.27. The fourth-order valence-electron chi connectivity index (χ4n) is 3.09. The summed E-state index contributed by atoms with van der Waals surface area (Å²) in [5.41, 5.74) is 0.323. The van der Waals surface area contributed by atoms with Gasteiger partial charge in [0, 0.05) is 0 Å². The first-order valence-electron chi connectivity index (χ1n) is 9.05. The van der Waals surface area contributed by atoms with Crippen LogP contribution in [0.5, 0.6) is 0 Å². The van der Waals surface area contributed by atoms with E-state index >= 15 is 0 Å². The van der Waals surface area contributed by atoms with Crippen LogP contribution in [-0.2, 0) is 20.9 Å². The Kier molecular flexibility index (Phi) is 6.85. The average molecular weight is 347 g/mol. The van der Waals surface area contributed by atoms with Gasteiger partial charge in [-0.15, -0.1) is 0 Å². The molecule has 5 nitrogen and oxygen atoms in total. The molecule has 1 aliphatic rings. The van der Waals surface area contributed by atoms with Crippen molar-refractivity contribution in [2.45, 2.75) is 71.1 Å². The molecule has 0 radical (unpaired) electrons. The van der Waals surface area contributed by atoms with Crippen molar-refractivity contribution < 1.29 is 19.1 Å². The number of carbonyl (C=O) groups is 2. The van der Waals surface area contributed by atoms with Gasteiger partial charge in [-0.25, -0.2) is 9.59 Å². The third-order valence-corrected chi connectivity index (χ3v) is 4.27. The number of ether oxygens (including phenoxy) is 2. The molecule has 1 N–H and O–H groups in total. The number of esters is 1. The third kappa shape index (κ3) is 6.77. The van der Waals surface area contributed by atoms with Crippen molar-refractivity contribution in [1.82, 2.24) is 5.32 Å². The van der Waals surface area contributed by atoms with E-state index in [1.54, 1.807) is 0 Å². The molecule has 0 aliphatic heterocycles. The van der Waals surface area contributed by atoms with Crippen LogP contribution in [0.15, 0.2) is 30.3 Å². The van der Waals surface area contributed by atoms with E-state index in [0.29, 0.717) is 0 Å². The summed E-state index contributed by atoms with van der Waals surface area (Å²) >= 11 is 0. The van der Waals surface area contributed by atoms with Gasteiger partial charge in [0.05, 0.1) is 0 Å². The molecule has 1 aliphatic carbocycles. The molecular weight excluding hydrogens is 318 g/mol. The standard InChI is InChI=1S/C20H29NO4/c1-20(2,3)25-18(22)17(16-12-8-5-9-13-16)21-19(23)24-14-15-10-6-4-7-11-15/h4,6-7,10-11,16-17H,5,8-9,12-14H2,1-3H3,(H,21,23)/t17-/m0/s1. The summed E-state index contributed by atoms with van der Waals surface area (Å²) in [6.45, 7) is 5.67. The van der Waals surface area contributed by atoms with Gasteiger partial charge in [-0.3, -0.25) is 0 Å². The molecule has 0 unspecified atom stereocenters. The van der Waals surface area contributed by atoms with Crippen molar-refractivity contribution in [2.24, 2.45) is 5.92 Å². The zero-order valence-corrected chi connectivity index (χ0v) is 15.4. The lowest BCUT2D eigenvalue weighted by Gasteiger charge is -2.31. The minimum absolute atomic E-state index is 0.105. The maximum absolute atomic E-state index is 12.6. The molecule has 1 amide bonds. The van der Waals surface area contributed by atoms with Crippen molar-refractivity contribution >= 4 is 12.1 Å². The predicted molar refractivity (Wildman–Crippen MR) is 96.0 cm³/mol. The summed E-state index contributed by atoms with van der Waals surface area (Å²) in [7, 11) is 0. The Bertz CT molecular complexity index is 559. The largest absolute Gasteiger partial charge is 0.458 e. The van der Waals surface area contributed by atoms with E-state index in [0.717, 1.165) is 31.2 Å². The molecular formula is C20H29NO4. The summed E-state index contributed by atoms with van der Waals surface area (Å²) in [4.78, 5) is 24.8. The normalized spacial score (nSPS) is 16.8. The number of benzene rings is 1. The smallest absolute Gasteiger partial charge is 0.408 e. The number of amides is 1. The van der Waals surface area contributed by atoms with Gasteiger partial charge in [0.1, 0.15) is 18.2 Å². The van der Waals surface area contributed by atoms with Crippen LogP contribution in [0, 0.1) is 5.92 Å². The molecule has 0 aromatic heterocycles. The zero-order chi connectivity index (χ0) is 18.3. The first-order valence-corrected chi connectivity index (χ1v) is 9.05. The Balaban J connectivity index is 1.96. The van der Waals surface area contributed by atoms with E-state index in [2.05, 4.69) is 5.32 Å². The van der Waals surface area contributed by atoms with Crippen LogP contribution in [0.1, 0.15) is 58.4 Å². The van der Waals surface area contributed by atoms with Crippen LogP contribution in [-0.4, -0.2) is 23.7 Å². The van der Waals surface area contributed by atoms with Crippen molar-refractivity contribution in [3.05, 3.63) is 35.9 Å². The fourth-order valence-corrected chi connectivity index (χ4v) is 3.09. The molecule has 25 heavy (non-hydrogen) atoms.